The summed E-state index contributed by atoms with van der Waals surface area (Å²) >= 11 is 0.989. The average molecular weight is 902 g/mol. The minimum atomic E-state index is -5.58. The summed E-state index contributed by atoms with van der Waals surface area (Å²) in [6.45, 7) is 0.358. The minimum absolute atomic E-state index is 0.0249. The number of phosphoric ester groups is 3. The lowest BCUT2D eigenvalue weighted by molar-refractivity contribution is -0.137. The Morgan fingerprint density at radius 1 is 1.05 bits per heavy atom. The molecule has 1 aliphatic heterocycles. The Morgan fingerprint density at radius 3 is 2.45 bits per heavy atom. The first-order chi connectivity index (χ1) is 27.0. The van der Waals surface area contributed by atoms with Crippen LogP contribution in [0.15, 0.2) is 36.9 Å². The summed E-state index contributed by atoms with van der Waals surface area (Å²) in [7, 11) is -16.4. The Labute approximate surface area is 333 Å². The molecule has 7 atom stereocenters. The summed E-state index contributed by atoms with van der Waals surface area (Å²) < 4.78 is 62.1. The number of phenols is 1. The molecule has 322 valence electrons. The van der Waals surface area contributed by atoms with Crippen molar-refractivity contribution in [3.63, 3.8) is 0 Å². The summed E-state index contributed by atoms with van der Waals surface area (Å²) in [5.41, 5.74) is 4.87. The number of aromatic hydroxyl groups is 1. The monoisotopic (exact) mass is 901 g/mol. The van der Waals surface area contributed by atoms with Gasteiger partial charge in [-0.15, -0.1) is 0 Å². The number of hydrogen-bond acceptors (Lipinski definition) is 19. The molecule has 2 amide bonds. The highest BCUT2D eigenvalue weighted by Gasteiger charge is 2.50. The molecule has 2 unspecified atom stereocenters. The van der Waals surface area contributed by atoms with Crippen LogP contribution in [0.4, 0.5) is 5.82 Å². The zero-order chi connectivity index (χ0) is 43.1. The number of nitrogen functional groups attached to an aromatic ring is 1. The van der Waals surface area contributed by atoms with E-state index in [1.54, 1.807) is 12.1 Å². The van der Waals surface area contributed by atoms with Gasteiger partial charge in [0.2, 0.25) is 11.8 Å². The molecule has 0 aliphatic carbocycles. The van der Waals surface area contributed by atoms with Crippen LogP contribution in [-0.2, 0) is 57.1 Å². The number of amides is 2. The number of nitrogens with one attached hydrogen (secondary N) is 2. The van der Waals surface area contributed by atoms with Crippen LogP contribution in [-0.4, -0.2) is 128 Å². The van der Waals surface area contributed by atoms with E-state index < -0.39 is 84.6 Å². The Kier molecular flexibility index (Phi) is 16.1. The van der Waals surface area contributed by atoms with Crippen LogP contribution in [0, 0.1) is 5.41 Å². The molecule has 4 rings (SSSR count). The standard InChI is InChI=1S/C29H42N7O18P3S/c1-29(2,24(41)27(42)32-7-6-19(38)31-8-9-58-20(39)11-16-4-3-5-17(37)10-16)13-51-57(48,49)54-56(46,47)50-12-18-23(53-55(43,44)45)22(40)28(52-18)36-15-35-21-25(30)33-14-34-26(21)36/h3-5,10,14-15,18,22-24,28,37,40-41H,6-9,11-13H2,1-2H3,(H,31,38)(H,32,42)(H,46,47)(H,48,49)(H2,30,33,34)(H2,43,44,45)/t18-,22-,23-,24+,28-/m1/s1. The van der Waals surface area contributed by atoms with E-state index in [9.17, 15) is 63.0 Å². The number of carbonyl (C=O) groups is 3. The fourth-order valence-electron chi connectivity index (χ4n) is 5.18. The number of nitrogens with two attached hydrogens (primary N) is 1. The summed E-state index contributed by atoms with van der Waals surface area (Å²) in [6.07, 6.45) is -6.91. The molecule has 0 bridgehead atoms. The lowest BCUT2D eigenvalue weighted by Gasteiger charge is -2.30. The lowest BCUT2D eigenvalue weighted by atomic mass is 9.87. The Balaban J connectivity index is 1.21. The largest absolute Gasteiger partial charge is 0.508 e. The minimum Gasteiger partial charge on any atom is -0.508 e. The third-order valence-corrected chi connectivity index (χ3v) is 12.0. The number of aliphatic hydroxyl groups is 2. The van der Waals surface area contributed by atoms with Gasteiger partial charge in [-0.25, -0.2) is 28.6 Å². The number of imidazole rings is 1. The third-order valence-electron chi connectivity index (χ3n) is 8.02. The highest BCUT2D eigenvalue weighted by Crippen LogP contribution is 2.61. The van der Waals surface area contributed by atoms with Crippen molar-refractivity contribution >= 4 is 69.1 Å². The van der Waals surface area contributed by atoms with Crippen LogP contribution in [0.5, 0.6) is 5.75 Å². The Hall–Kier alpha value is -3.42. The van der Waals surface area contributed by atoms with Crippen molar-refractivity contribution in [2.24, 2.45) is 5.41 Å². The van der Waals surface area contributed by atoms with Crippen molar-refractivity contribution in [2.45, 2.75) is 57.3 Å². The van der Waals surface area contributed by atoms with Gasteiger partial charge in [0.15, 0.2) is 22.8 Å². The van der Waals surface area contributed by atoms with Gasteiger partial charge in [0, 0.05) is 37.1 Å². The van der Waals surface area contributed by atoms with Gasteiger partial charge in [-0.1, -0.05) is 37.7 Å². The number of phosphoric acid groups is 3. The first-order valence-electron chi connectivity index (χ1n) is 16.8. The SMILES string of the molecule is CC(C)(COP(=O)(O)OP(=O)(O)OC[C@H]1O[C@@H](n2cnc3c(N)ncnc32)[C@H](O)[C@@H]1OP(=O)(O)O)[C@@H](O)C(=O)NCCC(=O)NCCSC(=O)Cc1cccc(O)c1. The second-order valence-corrected chi connectivity index (χ2v) is 18.5. The first-order valence-corrected chi connectivity index (χ1v) is 22.3. The van der Waals surface area contributed by atoms with Crippen LogP contribution in [0.1, 0.15) is 32.1 Å². The molecule has 1 aliphatic rings. The summed E-state index contributed by atoms with van der Waals surface area (Å²) in [5, 5.41) is 35.7. The van der Waals surface area contributed by atoms with Crippen LogP contribution in [0.2, 0.25) is 0 Å². The molecule has 58 heavy (non-hydrogen) atoms. The maximum atomic E-state index is 12.7. The zero-order valence-corrected chi connectivity index (χ0v) is 34.0. The van der Waals surface area contributed by atoms with E-state index in [0.29, 0.717) is 5.56 Å². The Morgan fingerprint density at radius 2 is 1.76 bits per heavy atom. The van der Waals surface area contributed by atoms with Gasteiger partial charge in [0.1, 0.15) is 42.0 Å². The van der Waals surface area contributed by atoms with Gasteiger partial charge in [0.05, 0.1) is 19.5 Å². The number of anilines is 1. The molecule has 11 N–H and O–H groups in total. The maximum absolute atomic E-state index is 12.7. The predicted molar refractivity (Wildman–Crippen MR) is 199 cm³/mol. The van der Waals surface area contributed by atoms with E-state index >= 15 is 0 Å². The van der Waals surface area contributed by atoms with Crippen molar-refractivity contribution in [1.29, 1.82) is 0 Å². The van der Waals surface area contributed by atoms with Crippen LogP contribution >= 0.6 is 35.2 Å². The number of nitrogens with zero attached hydrogens (tertiary/aromatic N) is 4. The maximum Gasteiger partial charge on any atom is 0.481 e. The number of ether oxygens (including phenoxy) is 1. The average Bonchev–Trinajstić information content (AvgIpc) is 3.68. The molecule has 25 nitrogen and oxygen atoms in total. The zero-order valence-electron chi connectivity index (χ0n) is 30.5. The number of fused-ring (bicyclic) bond motifs is 1. The molecular formula is C29H42N7O18P3S. The van der Waals surface area contributed by atoms with Crippen LogP contribution < -0.4 is 16.4 Å². The highest BCUT2D eigenvalue weighted by atomic mass is 32.2. The van der Waals surface area contributed by atoms with Gasteiger partial charge in [-0.3, -0.25) is 32.5 Å². The molecule has 1 saturated heterocycles. The highest BCUT2D eigenvalue weighted by molar-refractivity contribution is 8.13. The number of thioether (sulfide) groups is 1. The predicted octanol–water partition coefficient (Wildman–Crippen LogP) is -0.387. The fourth-order valence-corrected chi connectivity index (χ4v) is 8.71. The molecule has 0 spiro atoms. The smallest absolute Gasteiger partial charge is 0.481 e. The normalized spacial score (nSPS) is 21.2. The molecule has 0 saturated carbocycles. The fraction of sp³-hybridized carbons (Fsp3) is 0.517. The summed E-state index contributed by atoms with van der Waals surface area (Å²) in [6, 6.07) is 6.26. The molecule has 0 radical (unpaired) electrons. The molecule has 3 heterocycles. The number of aromatic nitrogens is 4. The van der Waals surface area contributed by atoms with Gasteiger partial charge >= 0.3 is 23.5 Å². The first kappa shape index (κ1) is 47.3. The van der Waals surface area contributed by atoms with E-state index in [1.807, 2.05) is 0 Å². The number of hydrogen-bond donors (Lipinski definition) is 10. The second kappa shape index (κ2) is 19.8. The van der Waals surface area contributed by atoms with E-state index in [1.165, 1.54) is 26.0 Å². The quantitative estimate of drug-likeness (QED) is 0.0481. The topological polar surface area (TPSA) is 384 Å². The van der Waals surface area contributed by atoms with Crippen molar-refractivity contribution < 1.29 is 85.6 Å². The van der Waals surface area contributed by atoms with E-state index in [4.69, 9.17) is 19.5 Å². The van der Waals surface area contributed by atoms with Gasteiger partial charge in [0.25, 0.3) is 0 Å². The Bertz CT molecular complexity index is 2090. The van der Waals surface area contributed by atoms with Crippen molar-refractivity contribution in [3.05, 3.63) is 42.5 Å². The molecule has 1 aromatic carbocycles. The van der Waals surface area contributed by atoms with Gasteiger partial charge < -0.3 is 56.0 Å². The number of rotatable bonds is 21. The van der Waals surface area contributed by atoms with E-state index in [2.05, 4.69) is 34.4 Å². The molecule has 1 fully saturated rings. The summed E-state index contributed by atoms with van der Waals surface area (Å²) in [4.78, 5) is 87.8. The number of phenolic OH excluding ortho intramolecular Hbond substituents is 1. The third kappa shape index (κ3) is 13.8. The molecule has 2 aromatic heterocycles. The van der Waals surface area contributed by atoms with Crippen molar-refractivity contribution in [3.8, 4) is 5.75 Å². The van der Waals surface area contributed by atoms with Crippen molar-refractivity contribution in [1.82, 2.24) is 30.2 Å². The summed E-state index contributed by atoms with van der Waals surface area (Å²) in [5.74, 6) is -1.21. The van der Waals surface area contributed by atoms with E-state index in [-0.39, 0.29) is 59.5 Å². The number of aliphatic hydroxyl groups excluding tert-OH is 2. The van der Waals surface area contributed by atoms with Crippen LogP contribution in [0.3, 0.4) is 0 Å². The molecule has 29 heteroatoms. The lowest BCUT2D eigenvalue weighted by Crippen LogP contribution is -2.46. The van der Waals surface area contributed by atoms with Gasteiger partial charge in [-0.05, 0) is 17.7 Å². The number of benzene rings is 1. The van der Waals surface area contributed by atoms with Crippen molar-refractivity contribution in [2.75, 3.05) is 37.8 Å². The second-order valence-electron chi connectivity index (χ2n) is 13.1. The van der Waals surface area contributed by atoms with E-state index in [0.717, 1.165) is 29.0 Å². The molecular weight excluding hydrogens is 859 g/mol. The number of carbonyl (C=O) groups excluding carboxylic acids is 3. The van der Waals surface area contributed by atoms with Gasteiger partial charge in [-0.2, -0.15) is 4.31 Å². The van der Waals surface area contributed by atoms with Crippen LogP contribution in [0.25, 0.3) is 11.2 Å². The molecule has 3 aromatic rings.